The number of hydrogen-bond donors (Lipinski definition) is 2. The Morgan fingerprint density at radius 3 is 2.11 bits per heavy atom. The quantitative estimate of drug-likeness (QED) is 0.793. The maximum atomic E-state index is 14.1. The molecule has 0 saturated heterocycles. The monoisotopic (exact) mass is 270 g/mol. The molecule has 4 nitrogen and oxygen atoms in total. The van der Waals surface area contributed by atoms with E-state index in [-0.39, 0.29) is 17.7 Å². The van der Waals surface area contributed by atoms with Crippen molar-refractivity contribution < 1.29 is 13.9 Å². The minimum absolute atomic E-state index is 0.0249. The highest BCUT2D eigenvalue weighted by atomic mass is 19.1. The summed E-state index contributed by atoms with van der Waals surface area (Å²) >= 11 is 0. The molecule has 0 aliphatic rings. The SMILES string of the molecule is COc1cc(F)c(C(C)CC(CN)CN)cc1OC. The molecule has 0 aliphatic heterocycles. The van der Waals surface area contributed by atoms with E-state index >= 15 is 0 Å². The predicted molar refractivity (Wildman–Crippen MR) is 74.1 cm³/mol. The van der Waals surface area contributed by atoms with Crippen molar-refractivity contribution in [3.63, 3.8) is 0 Å². The van der Waals surface area contributed by atoms with E-state index in [1.54, 1.807) is 6.07 Å². The van der Waals surface area contributed by atoms with Crippen LogP contribution in [0.15, 0.2) is 12.1 Å². The third-order valence-electron chi connectivity index (χ3n) is 3.39. The summed E-state index contributed by atoms with van der Waals surface area (Å²) in [6.07, 6.45) is 0.749. The topological polar surface area (TPSA) is 70.5 Å². The molecule has 1 atom stereocenters. The lowest BCUT2D eigenvalue weighted by Gasteiger charge is -2.20. The van der Waals surface area contributed by atoms with Gasteiger partial charge in [0.15, 0.2) is 11.5 Å². The van der Waals surface area contributed by atoms with Gasteiger partial charge >= 0.3 is 0 Å². The van der Waals surface area contributed by atoms with Gasteiger partial charge in [0.1, 0.15) is 5.82 Å². The van der Waals surface area contributed by atoms with Crippen molar-refractivity contribution in [1.82, 2.24) is 0 Å². The number of methoxy groups -OCH3 is 2. The zero-order chi connectivity index (χ0) is 14.4. The Bertz CT molecular complexity index is 409. The van der Waals surface area contributed by atoms with Gasteiger partial charge in [0.2, 0.25) is 0 Å². The van der Waals surface area contributed by atoms with E-state index in [1.165, 1.54) is 20.3 Å². The van der Waals surface area contributed by atoms with Gasteiger partial charge in [-0.15, -0.1) is 0 Å². The largest absolute Gasteiger partial charge is 0.493 e. The number of nitrogens with two attached hydrogens (primary N) is 2. The van der Waals surface area contributed by atoms with Crippen LogP contribution >= 0.6 is 0 Å². The Morgan fingerprint density at radius 2 is 1.63 bits per heavy atom. The highest BCUT2D eigenvalue weighted by Gasteiger charge is 2.18. The molecule has 0 heterocycles. The van der Waals surface area contributed by atoms with Crippen LogP contribution in [0.2, 0.25) is 0 Å². The molecule has 4 N–H and O–H groups in total. The molecular formula is C14H23FN2O2. The minimum Gasteiger partial charge on any atom is -0.493 e. The Kier molecular flexibility index (Phi) is 6.05. The van der Waals surface area contributed by atoms with Crippen LogP contribution in [0.4, 0.5) is 4.39 Å². The van der Waals surface area contributed by atoms with E-state index in [4.69, 9.17) is 20.9 Å². The van der Waals surface area contributed by atoms with Gasteiger partial charge in [-0.25, -0.2) is 4.39 Å². The van der Waals surface area contributed by atoms with Gasteiger partial charge in [0, 0.05) is 6.07 Å². The highest BCUT2D eigenvalue weighted by Crippen LogP contribution is 2.34. The smallest absolute Gasteiger partial charge is 0.163 e. The number of halogens is 1. The molecule has 0 aliphatic carbocycles. The first kappa shape index (κ1) is 15.7. The molecule has 0 fully saturated rings. The standard InChI is InChI=1S/C14H23FN2O2/c1-9(4-10(7-16)8-17)11-5-13(18-2)14(19-3)6-12(11)15/h5-6,9-10H,4,7-8,16-17H2,1-3H3. The number of rotatable bonds is 7. The average molecular weight is 270 g/mol. The van der Waals surface area contributed by atoms with Crippen LogP contribution in [0.5, 0.6) is 11.5 Å². The summed E-state index contributed by atoms with van der Waals surface area (Å²) in [6, 6.07) is 3.04. The lowest BCUT2D eigenvalue weighted by molar-refractivity contribution is 0.350. The van der Waals surface area contributed by atoms with Crippen LogP contribution in [0.25, 0.3) is 0 Å². The summed E-state index contributed by atoms with van der Waals surface area (Å²) in [7, 11) is 3.02. The molecular weight excluding hydrogens is 247 g/mol. The molecule has 1 aromatic carbocycles. The molecule has 5 heteroatoms. The summed E-state index contributed by atoms with van der Waals surface area (Å²) in [5.74, 6) is 0.852. The first-order valence-corrected chi connectivity index (χ1v) is 6.38. The van der Waals surface area contributed by atoms with Gasteiger partial charge in [-0.2, -0.15) is 0 Å². The fraction of sp³-hybridized carbons (Fsp3) is 0.571. The summed E-state index contributed by atoms with van der Waals surface area (Å²) in [5.41, 5.74) is 11.9. The molecule has 0 bridgehead atoms. The fourth-order valence-electron chi connectivity index (χ4n) is 2.16. The van der Waals surface area contributed by atoms with Crippen LogP contribution in [0, 0.1) is 11.7 Å². The van der Waals surface area contributed by atoms with Crippen molar-refractivity contribution >= 4 is 0 Å². The maximum Gasteiger partial charge on any atom is 0.163 e. The summed E-state index contributed by atoms with van der Waals surface area (Å²) in [4.78, 5) is 0. The molecule has 0 spiro atoms. The van der Waals surface area contributed by atoms with Gasteiger partial charge < -0.3 is 20.9 Å². The van der Waals surface area contributed by atoms with Crippen molar-refractivity contribution in [2.45, 2.75) is 19.3 Å². The van der Waals surface area contributed by atoms with Crippen LogP contribution in [0.3, 0.4) is 0 Å². The first-order valence-electron chi connectivity index (χ1n) is 6.38. The number of benzene rings is 1. The molecule has 1 aromatic rings. The Balaban J connectivity index is 2.99. The molecule has 0 aromatic heterocycles. The second kappa shape index (κ2) is 7.31. The third-order valence-corrected chi connectivity index (χ3v) is 3.39. The lowest BCUT2D eigenvalue weighted by Crippen LogP contribution is -2.24. The molecule has 0 saturated carbocycles. The van der Waals surface area contributed by atoms with Gasteiger partial charge in [0.25, 0.3) is 0 Å². The molecule has 0 radical (unpaired) electrons. The Labute approximate surface area is 113 Å². The second-order valence-electron chi connectivity index (χ2n) is 4.70. The zero-order valence-electron chi connectivity index (χ0n) is 11.8. The summed E-state index contributed by atoms with van der Waals surface area (Å²) in [5, 5.41) is 0. The molecule has 1 rings (SSSR count). The van der Waals surface area contributed by atoms with E-state index < -0.39 is 0 Å². The fourth-order valence-corrected chi connectivity index (χ4v) is 2.16. The predicted octanol–water partition coefficient (Wildman–Crippen LogP) is 1.87. The van der Waals surface area contributed by atoms with Crippen molar-refractivity contribution in [2.75, 3.05) is 27.3 Å². The molecule has 108 valence electrons. The highest BCUT2D eigenvalue weighted by molar-refractivity contribution is 5.44. The van der Waals surface area contributed by atoms with Crippen molar-refractivity contribution in [3.05, 3.63) is 23.5 Å². The third kappa shape index (κ3) is 3.81. The van der Waals surface area contributed by atoms with Crippen molar-refractivity contribution in [3.8, 4) is 11.5 Å². The van der Waals surface area contributed by atoms with E-state index in [1.807, 2.05) is 6.92 Å². The van der Waals surface area contributed by atoms with E-state index in [2.05, 4.69) is 0 Å². The normalized spacial score (nSPS) is 12.6. The zero-order valence-corrected chi connectivity index (χ0v) is 11.8. The summed E-state index contributed by atoms with van der Waals surface area (Å²) in [6.45, 7) is 2.98. The van der Waals surface area contributed by atoms with Gasteiger partial charge in [-0.3, -0.25) is 0 Å². The van der Waals surface area contributed by atoms with Gasteiger partial charge in [0.05, 0.1) is 14.2 Å². The Morgan fingerprint density at radius 1 is 1.11 bits per heavy atom. The Hall–Kier alpha value is -1.33. The second-order valence-corrected chi connectivity index (χ2v) is 4.70. The van der Waals surface area contributed by atoms with Crippen LogP contribution in [-0.2, 0) is 0 Å². The molecule has 0 amide bonds. The molecule has 1 unspecified atom stereocenters. The van der Waals surface area contributed by atoms with Gasteiger partial charge in [-0.1, -0.05) is 6.92 Å². The molecule has 19 heavy (non-hydrogen) atoms. The van der Waals surface area contributed by atoms with Crippen molar-refractivity contribution in [2.24, 2.45) is 17.4 Å². The van der Waals surface area contributed by atoms with Crippen LogP contribution in [-0.4, -0.2) is 27.3 Å². The van der Waals surface area contributed by atoms with Crippen molar-refractivity contribution in [1.29, 1.82) is 0 Å². The lowest BCUT2D eigenvalue weighted by atomic mass is 9.89. The van der Waals surface area contributed by atoms with E-state index in [9.17, 15) is 4.39 Å². The van der Waals surface area contributed by atoms with E-state index in [0.29, 0.717) is 30.2 Å². The minimum atomic E-state index is -0.294. The maximum absolute atomic E-state index is 14.1. The number of hydrogen-bond acceptors (Lipinski definition) is 4. The first-order chi connectivity index (χ1) is 9.07. The summed E-state index contributed by atoms with van der Waals surface area (Å²) < 4.78 is 24.3. The number of ether oxygens (including phenoxy) is 2. The average Bonchev–Trinajstić information content (AvgIpc) is 2.43. The van der Waals surface area contributed by atoms with E-state index in [0.717, 1.165) is 6.42 Å². The van der Waals surface area contributed by atoms with Crippen LogP contribution in [0.1, 0.15) is 24.8 Å². The van der Waals surface area contributed by atoms with Gasteiger partial charge in [-0.05, 0) is 43.0 Å². The van der Waals surface area contributed by atoms with Crippen LogP contribution < -0.4 is 20.9 Å².